The van der Waals surface area contributed by atoms with Crippen LogP contribution in [0.3, 0.4) is 0 Å². The lowest BCUT2D eigenvalue weighted by Gasteiger charge is -2.28. The zero-order valence-corrected chi connectivity index (χ0v) is 17.4. The lowest BCUT2D eigenvalue weighted by Crippen LogP contribution is -2.41. The van der Waals surface area contributed by atoms with Gasteiger partial charge < -0.3 is 10.2 Å². The van der Waals surface area contributed by atoms with Crippen molar-refractivity contribution < 1.29 is 18.0 Å². The quantitative estimate of drug-likeness (QED) is 0.587. The van der Waals surface area contributed by atoms with E-state index in [0.717, 1.165) is 0 Å². The maximum atomic E-state index is 13.2. The number of carbonyl (C=O) groups is 1. The highest BCUT2D eigenvalue weighted by Crippen LogP contribution is 2.28. The van der Waals surface area contributed by atoms with Crippen LogP contribution in [0.2, 0.25) is 5.02 Å². The molecule has 0 aliphatic carbocycles. The van der Waals surface area contributed by atoms with Crippen molar-refractivity contribution in [2.24, 2.45) is 0 Å². The van der Waals surface area contributed by atoms with Crippen LogP contribution >= 0.6 is 11.6 Å². The first-order valence-electron chi connectivity index (χ1n) is 9.27. The van der Waals surface area contributed by atoms with E-state index in [4.69, 9.17) is 11.6 Å². The van der Waals surface area contributed by atoms with Gasteiger partial charge in [-0.1, -0.05) is 18.5 Å². The number of nitrogens with one attached hydrogen (secondary N) is 1. The molecule has 0 unspecified atom stereocenters. The third-order valence-corrected chi connectivity index (χ3v) is 4.87. The second-order valence-corrected chi connectivity index (χ2v) is 7.07. The maximum absolute atomic E-state index is 13.2. The Kier molecular flexibility index (Phi) is 6.74. The largest absolute Gasteiger partial charge is 0.419 e. The fraction of sp³-hybridized carbons (Fsp3) is 0.316. The molecule has 1 aromatic carbocycles. The van der Waals surface area contributed by atoms with E-state index in [1.165, 1.54) is 28.2 Å². The highest BCUT2D eigenvalue weighted by atomic mass is 35.5. The number of carbonyl (C=O) groups excluding carboxylic acids is 1. The van der Waals surface area contributed by atoms with Crippen LogP contribution in [-0.4, -0.2) is 55.4 Å². The molecule has 1 atom stereocenters. The first-order chi connectivity index (χ1) is 14.7. The average Bonchev–Trinajstić information content (AvgIpc) is 3.27. The summed E-state index contributed by atoms with van der Waals surface area (Å²) >= 11 is 6.10. The third kappa shape index (κ3) is 5.29. The summed E-state index contributed by atoms with van der Waals surface area (Å²) in [4.78, 5) is 23.4. The van der Waals surface area contributed by atoms with Gasteiger partial charge in [-0.25, -0.2) is 9.97 Å². The Morgan fingerprint density at radius 2 is 1.87 bits per heavy atom. The van der Waals surface area contributed by atoms with Crippen molar-refractivity contribution in [1.29, 1.82) is 0 Å². The normalized spacial score (nSPS) is 12.5. The maximum Gasteiger partial charge on any atom is 0.419 e. The number of likely N-dealkylation sites (N-methyl/N-ethyl adjacent to an activating group) is 1. The molecule has 1 amide bonds. The summed E-state index contributed by atoms with van der Waals surface area (Å²) in [6, 6.07) is 4.53. The van der Waals surface area contributed by atoms with Gasteiger partial charge in [0, 0.05) is 37.1 Å². The summed E-state index contributed by atoms with van der Waals surface area (Å²) in [5.41, 5.74) is -0.145. The van der Waals surface area contributed by atoms with Crippen molar-refractivity contribution in [3.8, 4) is 5.69 Å². The summed E-state index contributed by atoms with van der Waals surface area (Å²) < 4.78 is 37.9. The molecule has 2 aromatic heterocycles. The smallest absolute Gasteiger partial charge is 0.352 e. The number of nitrogens with zero attached hydrogens (tertiary/aromatic N) is 6. The van der Waals surface area contributed by atoms with E-state index < -0.39 is 11.7 Å². The molecule has 2 heterocycles. The van der Waals surface area contributed by atoms with Crippen molar-refractivity contribution in [2.45, 2.75) is 25.6 Å². The van der Waals surface area contributed by atoms with E-state index in [0.29, 0.717) is 35.1 Å². The molecule has 0 radical (unpaired) electrons. The zero-order valence-electron chi connectivity index (χ0n) is 16.6. The van der Waals surface area contributed by atoms with Crippen molar-refractivity contribution in [2.75, 3.05) is 18.9 Å². The molecular weight excluding hydrogens is 435 g/mol. The molecule has 0 saturated heterocycles. The molecule has 0 aliphatic rings. The topological polar surface area (TPSA) is 88.8 Å². The molecule has 3 aromatic rings. The lowest BCUT2D eigenvalue weighted by molar-refractivity contribution is -0.138. The van der Waals surface area contributed by atoms with E-state index in [1.54, 1.807) is 19.2 Å². The van der Waals surface area contributed by atoms with Gasteiger partial charge in [0.2, 0.25) is 5.95 Å². The Morgan fingerprint density at radius 1 is 1.23 bits per heavy atom. The molecular formula is C19H19ClF3N7O. The Labute approximate surface area is 181 Å². The van der Waals surface area contributed by atoms with Gasteiger partial charge in [0.25, 0.3) is 5.91 Å². The summed E-state index contributed by atoms with van der Waals surface area (Å²) in [6.07, 6.45) is 0.479. The minimum Gasteiger partial charge on any atom is -0.352 e. The number of anilines is 1. The van der Waals surface area contributed by atoms with Crippen molar-refractivity contribution in [3.63, 3.8) is 0 Å². The molecule has 8 nitrogen and oxygen atoms in total. The van der Waals surface area contributed by atoms with E-state index >= 15 is 0 Å². The number of hydrogen-bond acceptors (Lipinski definition) is 6. The van der Waals surface area contributed by atoms with Crippen LogP contribution in [0, 0.1) is 0 Å². The van der Waals surface area contributed by atoms with Crippen LogP contribution in [0.1, 0.15) is 29.3 Å². The van der Waals surface area contributed by atoms with Crippen LogP contribution in [-0.2, 0) is 6.18 Å². The monoisotopic (exact) mass is 453 g/mol. The van der Waals surface area contributed by atoms with Crippen LogP contribution in [0.5, 0.6) is 0 Å². The molecule has 3 rings (SSSR count). The molecule has 164 valence electrons. The molecule has 0 bridgehead atoms. The molecule has 0 spiro atoms. The number of aromatic nitrogens is 5. The second kappa shape index (κ2) is 9.29. The molecule has 0 aliphatic heterocycles. The Balaban J connectivity index is 1.74. The molecule has 0 fully saturated rings. The average molecular weight is 454 g/mol. The van der Waals surface area contributed by atoms with Crippen LogP contribution in [0.4, 0.5) is 19.1 Å². The fourth-order valence-corrected chi connectivity index (χ4v) is 3.05. The molecule has 12 heteroatoms. The minimum atomic E-state index is -4.50. The number of rotatable bonds is 7. The summed E-state index contributed by atoms with van der Waals surface area (Å²) in [5.74, 6) is -0.270. The first kappa shape index (κ1) is 22.5. The van der Waals surface area contributed by atoms with E-state index in [9.17, 15) is 18.0 Å². The Bertz CT molecular complexity index is 1030. The first-order valence-corrected chi connectivity index (χ1v) is 9.65. The van der Waals surface area contributed by atoms with Crippen LogP contribution < -0.4 is 5.32 Å². The summed E-state index contributed by atoms with van der Waals surface area (Å²) in [7, 11) is 1.63. The van der Waals surface area contributed by atoms with E-state index in [-0.39, 0.29) is 24.4 Å². The van der Waals surface area contributed by atoms with Crippen LogP contribution in [0.15, 0.2) is 43.0 Å². The third-order valence-electron chi connectivity index (χ3n) is 4.64. The fourth-order valence-electron chi connectivity index (χ4n) is 2.88. The summed E-state index contributed by atoms with van der Waals surface area (Å²) in [6.45, 7) is 2.12. The van der Waals surface area contributed by atoms with Gasteiger partial charge in [-0.3, -0.25) is 4.79 Å². The van der Waals surface area contributed by atoms with Gasteiger partial charge in [-0.2, -0.15) is 28.2 Å². The number of alkyl halides is 3. The minimum absolute atomic E-state index is 0.0384. The van der Waals surface area contributed by atoms with Gasteiger partial charge in [-0.15, -0.1) is 0 Å². The summed E-state index contributed by atoms with van der Waals surface area (Å²) in [5, 5.41) is 11.4. The second-order valence-electron chi connectivity index (χ2n) is 6.63. The lowest BCUT2D eigenvalue weighted by atomic mass is 10.1. The predicted octanol–water partition coefficient (Wildman–Crippen LogP) is 3.69. The van der Waals surface area contributed by atoms with Crippen molar-refractivity contribution in [3.05, 3.63) is 59.1 Å². The molecule has 31 heavy (non-hydrogen) atoms. The standard InChI is InChI=1S/C19H19ClF3N7O/c1-3-14(11-26-18-24-9-12(10-25-18)19(21,22)23)29(2)17(31)15-8-13(20)4-5-16(15)30-27-6-7-28-30/h4-10,14H,3,11H2,1-2H3,(H,24,25,26)/t14-/m0/s1. The SMILES string of the molecule is CC[C@@H](CNc1ncc(C(F)(F)F)cn1)N(C)C(=O)c1cc(Cl)ccc1-n1nccn1. The Hall–Kier alpha value is -3.21. The van der Waals surface area contributed by atoms with Crippen molar-refractivity contribution >= 4 is 23.5 Å². The van der Waals surface area contributed by atoms with E-state index in [1.807, 2.05) is 6.92 Å². The molecule has 0 saturated carbocycles. The van der Waals surface area contributed by atoms with E-state index in [2.05, 4.69) is 25.5 Å². The highest BCUT2D eigenvalue weighted by Gasteiger charge is 2.31. The number of hydrogen-bond donors (Lipinski definition) is 1. The molecule has 1 N–H and O–H groups in total. The van der Waals surface area contributed by atoms with Gasteiger partial charge in [-0.05, 0) is 24.6 Å². The zero-order chi connectivity index (χ0) is 22.6. The number of benzene rings is 1. The Morgan fingerprint density at radius 3 is 2.45 bits per heavy atom. The van der Waals surface area contributed by atoms with Gasteiger partial charge in [0.15, 0.2) is 0 Å². The number of halogens is 4. The number of amides is 1. The highest BCUT2D eigenvalue weighted by molar-refractivity contribution is 6.31. The van der Waals surface area contributed by atoms with Gasteiger partial charge >= 0.3 is 6.18 Å². The van der Waals surface area contributed by atoms with Crippen molar-refractivity contribution in [1.82, 2.24) is 29.9 Å². The predicted molar refractivity (Wildman–Crippen MR) is 108 cm³/mol. The van der Waals surface area contributed by atoms with Gasteiger partial charge in [0.1, 0.15) is 0 Å². The van der Waals surface area contributed by atoms with Gasteiger partial charge in [0.05, 0.1) is 29.2 Å². The van der Waals surface area contributed by atoms with Crippen LogP contribution in [0.25, 0.3) is 5.69 Å².